The van der Waals surface area contributed by atoms with Crippen LogP contribution in [0.5, 0.6) is 0 Å². The van der Waals surface area contributed by atoms with Crippen molar-refractivity contribution in [3.8, 4) is 0 Å². The molecular weight excluding hydrogens is 314 g/mol. The van der Waals surface area contributed by atoms with Gasteiger partial charge in [-0.05, 0) is 12.1 Å². The van der Waals surface area contributed by atoms with Crippen molar-refractivity contribution in [3.63, 3.8) is 0 Å². The molecule has 2 rings (SSSR count). The Morgan fingerprint density at radius 1 is 1.15 bits per heavy atom. The first-order valence-electron chi connectivity index (χ1n) is 6.58. The number of rotatable bonds is 5. The molecular formula is C17H17BrNO+. The minimum absolute atomic E-state index is 0.116. The van der Waals surface area contributed by atoms with Crippen molar-refractivity contribution in [2.45, 2.75) is 19.4 Å². The van der Waals surface area contributed by atoms with Crippen molar-refractivity contribution in [2.24, 2.45) is 0 Å². The summed E-state index contributed by atoms with van der Waals surface area (Å²) in [6, 6.07) is 17.8. The van der Waals surface area contributed by atoms with E-state index in [9.17, 15) is 4.79 Å². The first-order valence-corrected chi connectivity index (χ1v) is 7.37. The number of hydrogen-bond donors (Lipinski definition) is 1. The molecule has 0 fully saturated rings. The van der Waals surface area contributed by atoms with Crippen LogP contribution in [0.3, 0.4) is 0 Å². The van der Waals surface area contributed by atoms with E-state index in [0.29, 0.717) is 6.42 Å². The van der Waals surface area contributed by atoms with Crippen LogP contribution in [-0.2, 0) is 0 Å². The molecule has 0 spiro atoms. The predicted octanol–water partition coefficient (Wildman–Crippen LogP) is 2.93. The van der Waals surface area contributed by atoms with Gasteiger partial charge in [0.05, 0.1) is 6.42 Å². The van der Waals surface area contributed by atoms with Crippen molar-refractivity contribution in [1.29, 1.82) is 0 Å². The fourth-order valence-corrected chi connectivity index (χ4v) is 2.18. The van der Waals surface area contributed by atoms with Gasteiger partial charge in [-0.3, -0.25) is 4.79 Å². The third-order valence-corrected chi connectivity index (χ3v) is 3.65. The van der Waals surface area contributed by atoms with Gasteiger partial charge in [-0.1, -0.05) is 58.4 Å². The maximum Gasteiger partial charge on any atom is 0.172 e. The highest BCUT2D eigenvalue weighted by atomic mass is 79.9. The molecule has 102 valence electrons. The second-order valence-corrected chi connectivity index (χ2v) is 5.55. The number of benzene rings is 2. The van der Waals surface area contributed by atoms with Crippen LogP contribution in [0.15, 0.2) is 59.1 Å². The molecule has 2 nitrogen and oxygen atoms in total. The van der Waals surface area contributed by atoms with Gasteiger partial charge in [-0.2, -0.15) is 0 Å². The van der Waals surface area contributed by atoms with Crippen LogP contribution < -0.4 is 4.99 Å². The summed E-state index contributed by atoms with van der Waals surface area (Å²) < 4.78 is 0.980. The highest BCUT2D eigenvalue weighted by molar-refractivity contribution is 9.10. The van der Waals surface area contributed by atoms with Crippen molar-refractivity contribution in [1.82, 2.24) is 0 Å². The third-order valence-electron chi connectivity index (χ3n) is 3.12. The van der Waals surface area contributed by atoms with Crippen LogP contribution in [0, 0.1) is 0 Å². The number of carbonyl (C=O) groups is 1. The highest BCUT2D eigenvalue weighted by Crippen LogP contribution is 2.11. The summed E-state index contributed by atoms with van der Waals surface area (Å²) in [7, 11) is 0. The Balaban J connectivity index is 1.93. The largest absolute Gasteiger partial charge is 0.294 e. The lowest BCUT2D eigenvalue weighted by atomic mass is 10.1. The molecule has 2 aromatic carbocycles. The minimum Gasteiger partial charge on any atom is -0.294 e. The molecule has 20 heavy (non-hydrogen) atoms. The van der Waals surface area contributed by atoms with Crippen LogP contribution in [0.2, 0.25) is 0 Å². The summed E-state index contributed by atoms with van der Waals surface area (Å²) in [6.07, 6.45) is 2.22. The molecule has 0 amide bonds. The number of halogens is 1. The predicted molar refractivity (Wildman–Crippen MR) is 85.0 cm³/mol. The maximum atomic E-state index is 12.0. The molecule has 0 aliphatic carbocycles. The average Bonchev–Trinajstić information content (AvgIpc) is 2.48. The molecule has 2 aromatic rings. The maximum absolute atomic E-state index is 12.0. The lowest BCUT2D eigenvalue weighted by Gasteiger charge is -2.00. The van der Waals surface area contributed by atoms with Crippen LogP contribution in [0.25, 0.3) is 0 Å². The number of nitrogens with one attached hydrogen (secondary N) is 1. The zero-order chi connectivity index (χ0) is 14.4. The molecule has 0 aliphatic heterocycles. The first kappa shape index (κ1) is 14.7. The molecule has 1 atom stereocenters. The van der Waals surface area contributed by atoms with E-state index < -0.39 is 0 Å². The van der Waals surface area contributed by atoms with Gasteiger partial charge < -0.3 is 0 Å². The molecule has 0 heterocycles. The third kappa shape index (κ3) is 4.14. The molecule has 1 N–H and O–H groups in total. The highest BCUT2D eigenvalue weighted by Gasteiger charge is 2.08. The smallest absolute Gasteiger partial charge is 0.172 e. The van der Waals surface area contributed by atoms with Gasteiger partial charge in [0, 0.05) is 22.5 Å². The minimum atomic E-state index is 0.116. The summed E-state index contributed by atoms with van der Waals surface area (Å²) in [4.78, 5) is 15.2. The molecule has 0 radical (unpaired) electrons. The second kappa shape index (κ2) is 7.15. The van der Waals surface area contributed by atoms with Gasteiger partial charge in [0.25, 0.3) is 0 Å². The lowest BCUT2D eigenvalue weighted by Crippen LogP contribution is -2.69. The van der Waals surface area contributed by atoms with Crippen molar-refractivity contribution < 1.29 is 9.79 Å². The molecule has 0 unspecified atom stereocenters. The Morgan fingerprint density at radius 3 is 2.45 bits per heavy atom. The average molecular weight is 331 g/mol. The first-order chi connectivity index (χ1) is 9.66. The van der Waals surface area contributed by atoms with Crippen LogP contribution in [0.4, 0.5) is 0 Å². The Labute approximate surface area is 127 Å². The molecule has 0 saturated heterocycles. The molecule has 0 bridgehead atoms. The van der Waals surface area contributed by atoms with Crippen molar-refractivity contribution in [2.75, 3.05) is 0 Å². The summed E-state index contributed by atoms with van der Waals surface area (Å²) in [5, 5.41) is 0. The molecule has 0 aliphatic rings. The van der Waals surface area contributed by atoms with Gasteiger partial charge in [0.2, 0.25) is 0 Å². The molecule has 0 saturated carbocycles. The Bertz CT molecular complexity index is 590. The van der Waals surface area contributed by atoms with E-state index in [1.54, 1.807) is 0 Å². The van der Waals surface area contributed by atoms with E-state index in [2.05, 4.69) is 40.0 Å². The monoisotopic (exact) mass is 330 g/mol. The summed E-state index contributed by atoms with van der Waals surface area (Å²) >= 11 is 3.36. The number of ketones is 1. The number of carbonyl (C=O) groups excluding carboxylic acids is 1. The van der Waals surface area contributed by atoms with Crippen LogP contribution >= 0.6 is 15.9 Å². The number of hydrogen-bond acceptors (Lipinski definition) is 1. The van der Waals surface area contributed by atoms with Gasteiger partial charge in [0.1, 0.15) is 6.21 Å². The van der Waals surface area contributed by atoms with E-state index in [4.69, 9.17) is 0 Å². The van der Waals surface area contributed by atoms with Gasteiger partial charge >= 0.3 is 0 Å². The fraction of sp³-hybridized carbons (Fsp3) is 0.176. The summed E-state index contributed by atoms with van der Waals surface area (Å²) in [5.41, 5.74) is 1.94. The zero-order valence-electron chi connectivity index (χ0n) is 11.3. The zero-order valence-corrected chi connectivity index (χ0v) is 12.9. The quantitative estimate of drug-likeness (QED) is 0.663. The molecule has 0 aromatic heterocycles. The number of Topliss-reactive ketones (excluding diaryl/α,β-unsaturated/α-hetero) is 1. The van der Waals surface area contributed by atoms with E-state index in [1.165, 1.54) is 5.56 Å². The standard InChI is InChI=1S/C17H16BrNO/c1-13(14-5-3-2-4-6-14)19-12-11-17(20)15-7-9-16(18)10-8-15/h2-10,12-13H,11H2,1H3/p+1/t13-/m0/s1. The van der Waals surface area contributed by atoms with Crippen LogP contribution in [0.1, 0.15) is 35.3 Å². The summed E-state index contributed by atoms with van der Waals surface area (Å²) in [5.74, 6) is 0.116. The fourth-order valence-electron chi connectivity index (χ4n) is 1.92. The summed E-state index contributed by atoms with van der Waals surface area (Å²) in [6.45, 7) is 2.08. The van der Waals surface area contributed by atoms with E-state index >= 15 is 0 Å². The van der Waals surface area contributed by atoms with Gasteiger partial charge in [-0.25, -0.2) is 4.99 Å². The van der Waals surface area contributed by atoms with E-state index in [1.807, 2.05) is 48.7 Å². The van der Waals surface area contributed by atoms with Gasteiger partial charge in [-0.15, -0.1) is 0 Å². The van der Waals surface area contributed by atoms with E-state index in [0.717, 1.165) is 10.0 Å². The second-order valence-electron chi connectivity index (χ2n) is 4.64. The van der Waals surface area contributed by atoms with Crippen LogP contribution in [-0.4, -0.2) is 12.0 Å². The topological polar surface area (TPSA) is 31.0 Å². The Hall–Kier alpha value is -1.74. The van der Waals surface area contributed by atoms with Crippen molar-refractivity contribution in [3.05, 3.63) is 70.2 Å². The normalized spacial score (nSPS) is 12.5. The SMILES string of the molecule is C[C@H]([NH+]=CCC(=O)c1ccc(Br)cc1)c1ccccc1. The Morgan fingerprint density at radius 2 is 1.80 bits per heavy atom. The lowest BCUT2D eigenvalue weighted by molar-refractivity contribution is -0.501. The van der Waals surface area contributed by atoms with Gasteiger partial charge in [0.15, 0.2) is 11.8 Å². The van der Waals surface area contributed by atoms with Crippen molar-refractivity contribution >= 4 is 27.9 Å². The molecule has 3 heteroatoms. The Kier molecular flexibility index (Phi) is 5.24. The van der Waals surface area contributed by atoms with E-state index in [-0.39, 0.29) is 11.8 Å².